The average Bonchev–Trinajstić information content (AvgIpc) is 1.72. The van der Waals surface area contributed by atoms with Gasteiger partial charge in [0, 0.05) is 7.11 Å². The Hall–Kier alpha value is 0.170. The van der Waals surface area contributed by atoms with E-state index in [0.717, 1.165) is 0 Å². The van der Waals surface area contributed by atoms with Gasteiger partial charge in [0.2, 0.25) is 6.29 Å². The van der Waals surface area contributed by atoms with Crippen molar-refractivity contribution in [1.29, 1.82) is 0 Å². The Morgan fingerprint density at radius 3 is 2.43 bits per heavy atom. The predicted molar refractivity (Wildman–Crippen MR) is 25.2 cm³/mol. The van der Waals surface area contributed by atoms with Crippen LogP contribution in [0.5, 0.6) is 0 Å². The molecule has 0 aromatic heterocycles. The minimum absolute atomic E-state index is 0.132. The number of ether oxygens (including phenoxy) is 1. The van der Waals surface area contributed by atoms with E-state index in [4.69, 9.17) is 16.9 Å². The van der Waals surface area contributed by atoms with Crippen LogP contribution in [0.15, 0.2) is 0 Å². The topological polar surface area (TPSA) is 38.7 Å². The van der Waals surface area contributed by atoms with E-state index in [9.17, 15) is 0 Å². The Labute approximate surface area is 46.7 Å². The Morgan fingerprint density at radius 2 is 2.43 bits per heavy atom. The fraction of sp³-hybridized carbons (Fsp3) is 1.00. The molecular weight excluding hydrogens is 119 g/mol. The standard InChI is InChI=1S/C3H7ClO3/c1-6-3(2-4)7-5/h3,5H,2H2,1H3. The van der Waals surface area contributed by atoms with Crippen molar-refractivity contribution in [3.63, 3.8) is 0 Å². The third kappa shape index (κ3) is 2.82. The van der Waals surface area contributed by atoms with Gasteiger partial charge in [-0.05, 0) is 0 Å². The summed E-state index contributed by atoms with van der Waals surface area (Å²) in [6, 6.07) is 0. The first-order valence-electron chi connectivity index (χ1n) is 1.74. The van der Waals surface area contributed by atoms with Gasteiger partial charge in [-0.3, -0.25) is 0 Å². The molecule has 0 amide bonds. The number of rotatable bonds is 3. The van der Waals surface area contributed by atoms with Crippen LogP contribution < -0.4 is 0 Å². The smallest absolute Gasteiger partial charge is 0.204 e. The van der Waals surface area contributed by atoms with Gasteiger partial charge in [0.15, 0.2) is 0 Å². The highest BCUT2D eigenvalue weighted by Gasteiger charge is 2.00. The molecule has 0 spiro atoms. The zero-order valence-corrected chi connectivity index (χ0v) is 4.68. The summed E-state index contributed by atoms with van der Waals surface area (Å²) in [5.74, 6) is 0.132. The maximum absolute atomic E-state index is 7.82. The molecule has 1 unspecified atom stereocenters. The molecule has 0 rings (SSSR count). The molecule has 44 valence electrons. The van der Waals surface area contributed by atoms with Gasteiger partial charge >= 0.3 is 0 Å². The lowest BCUT2D eigenvalue weighted by Crippen LogP contribution is -2.14. The highest BCUT2D eigenvalue weighted by atomic mass is 35.5. The van der Waals surface area contributed by atoms with Crippen molar-refractivity contribution in [3.8, 4) is 0 Å². The lowest BCUT2D eigenvalue weighted by molar-refractivity contribution is -0.332. The molecule has 0 aliphatic heterocycles. The zero-order valence-electron chi connectivity index (χ0n) is 3.93. The second kappa shape index (κ2) is 4.33. The van der Waals surface area contributed by atoms with E-state index in [2.05, 4.69) is 9.62 Å². The first-order valence-corrected chi connectivity index (χ1v) is 2.27. The van der Waals surface area contributed by atoms with Gasteiger partial charge < -0.3 is 4.74 Å². The van der Waals surface area contributed by atoms with E-state index in [-0.39, 0.29) is 5.88 Å². The van der Waals surface area contributed by atoms with Crippen LogP contribution in [0.25, 0.3) is 0 Å². The quantitative estimate of drug-likeness (QED) is 0.262. The Morgan fingerprint density at radius 1 is 1.86 bits per heavy atom. The fourth-order valence-electron chi connectivity index (χ4n) is 0.134. The summed E-state index contributed by atoms with van der Waals surface area (Å²) in [5.41, 5.74) is 0. The van der Waals surface area contributed by atoms with Crippen LogP contribution in [0.2, 0.25) is 0 Å². The third-order valence-corrected chi connectivity index (χ3v) is 0.758. The minimum Gasteiger partial charge on any atom is -0.352 e. The second-order valence-corrected chi connectivity index (χ2v) is 1.23. The third-order valence-electron chi connectivity index (χ3n) is 0.506. The first kappa shape index (κ1) is 7.17. The molecule has 0 bridgehead atoms. The maximum Gasteiger partial charge on any atom is 0.204 e. The van der Waals surface area contributed by atoms with E-state index in [1.165, 1.54) is 7.11 Å². The summed E-state index contributed by atoms with van der Waals surface area (Å²) in [6.45, 7) is 0. The largest absolute Gasteiger partial charge is 0.352 e. The molecule has 0 aromatic carbocycles. The SMILES string of the molecule is COC(CCl)OO. The number of hydrogen-bond donors (Lipinski definition) is 1. The van der Waals surface area contributed by atoms with Gasteiger partial charge in [-0.1, -0.05) is 0 Å². The van der Waals surface area contributed by atoms with Gasteiger partial charge in [-0.2, -0.15) is 0 Å². The summed E-state index contributed by atoms with van der Waals surface area (Å²) in [6.07, 6.45) is -0.693. The molecule has 0 aromatic rings. The van der Waals surface area contributed by atoms with Crippen molar-refractivity contribution in [1.82, 2.24) is 0 Å². The van der Waals surface area contributed by atoms with Crippen LogP contribution in [0.4, 0.5) is 0 Å². The van der Waals surface area contributed by atoms with Crippen molar-refractivity contribution in [2.45, 2.75) is 6.29 Å². The minimum atomic E-state index is -0.693. The van der Waals surface area contributed by atoms with Gasteiger partial charge in [-0.25, -0.2) is 10.1 Å². The molecule has 1 atom stereocenters. The summed E-state index contributed by atoms with van der Waals surface area (Å²) in [7, 11) is 1.39. The highest BCUT2D eigenvalue weighted by Crippen LogP contribution is 1.91. The van der Waals surface area contributed by atoms with E-state index >= 15 is 0 Å². The lowest BCUT2D eigenvalue weighted by Gasteiger charge is -2.04. The summed E-state index contributed by atoms with van der Waals surface area (Å²) < 4.78 is 4.44. The Bertz CT molecular complexity index is 31.7. The van der Waals surface area contributed by atoms with E-state index in [0.29, 0.717) is 0 Å². The van der Waals surface area contributed by atoms with Gasteiger partial charge in [0.1, 0.15) is 0 Å². The number of halogens is 1. The van der Waals surface area contributed by atoms with Crippen LogP contribution in [0.1, 0.15) is 0 Å². The number of alkyl halides is 1. The lowest BCUT2D eigenvalue weighted by atomic mass is 10.8. The van der Waals surface area contributed by atoms with Crippen LogP contribution >= 0.6 is 11.6 Å². The molecule has 4 heteroatoms. The molecule has 0 saturated heterocycles. The highest BCUT2D eigenvalue weighted by molar-refractivity contribution is 6.18. The summed E-state index contributed by atoms with van der Waals surface area (Å²) in [4.78, 5) is 3.69. The van der Waals surface area contributed by atoms with Crippen LogP contribution in [-0.4, -0.2) is 24.5 Å². The van der Waals surface area contributed by atoms with E-state index in [1.54, 1.807) is 0 Å². The normalized spacial score (nSPS) is 14.1. The number of hydrogen-bond acceptors (Lipinski definition) is 3. The molecule has 0 aliphatic rings. The van der Waals surface area contributed by atoms with Crippen LogP contribution in [0, 0.1) is 0 Å². The van der Waals surface area contributed by atoms with Crippen molar-refractivity contribution < 1.29 is 14.9 Å². The van der Waals surface area contributed by atoms with Gasteiger partial charge in [0.05, 0.1) is 5.88 Å². The molecule has 7 heavy (non-hydrogen) atoms. The first-order chi connectivity index (χ1) is 3.35. The Balaban J connectivity index is 2.99. The van der Waals surface area contributed by atoms with Crippen molar-refractivity contribution >= 4 is 11.6 Å². The van der Waals surface area contributed by atoms with Gasteiger partial charge in [-0.15, -0.1) is 11.6 Å². The summed E-state index contributed by atoms with van der Waals surface area (Å²) in [5, 5.41) is 7.82. The monoisotopic (exact) mass is 126 g/mol. The summed E-state index contributed by atoms with van der Waals surface area (Å²) >= 11 is 5.16. The average molecular weight is 127 g/mol. The maximum atomic E-state index is 7.82. The van der Waals surface area contributed by atoms with Crippen LogP contribution in [-0.2, 0) is 9.62 Å². The van der Waals surface area contributed by atoms with Crippen molar-refractivity contribution in [2.24, 2.45) is 0 Å². The van der Waals surface area contributed by atoms with E-state index in [1.807, 2.05) is 0 Å². The van der Waals surface area contributed by atoms with Gasteiger partial charge in [0.25, 0.3) is 0 Å². The Kier molecular flexibility index (Phi) is 4.44. The number of methoxy groups -OCH3 is 1. The molecule has 0 fully saturated rings. The molecule has 0 aliphatic carbocycles. The van der Waals surface area contributed by atoms with Crippen LogP contribution in [0.3, 0.4) is 0 Å². The molecule has 3 nitrogen and oxygen atoms in total. The fourth-order valence-corrected chi connectivity index (χ4v) is 0.317. The molecule has 0 saturated carbocycles. The van der Waals surface area contributed by atoms with Crippen molar-refractivity contribution in [3.05, 3.63) is 0 Å². The molecule has 0 radical (unpaired) electrons. The van der Waals surface area contributed by atoms with E-state index < -0.39 is 6.29 Å². The molecule has 1 N–H and O–H groups in total. The van der Waals surface area contributed by atoms with Crippen molar-refractivity contribution in [2.75, 3.05) is 13.0 Å². The molecular formula is C3H7ClO3. The second-order valence-electron chi connectivity index (χ2n) is 0.925. The predicted octanol–water partition coefficient (Wildman–Crippen LogP) is 0.687. The molecule has 0 heterocycles. The zero-order chi connectivity index (χ0) is 5.70.